The van der Waals surface area contributed by atoms with Gasteiger partial charge in [-0.15, -0.1) is 0 Å². The lowest BCUT2D eigenvalue weighted by atomic mass is 10.2. The molecule has 0 bridgehead atoms. The maximum atomic E-state index is 13.6. The monoisotopic (exact) mass is 494 g/mol. The highest BCUT2D eigenvalue weighted by Crippen LogP contribution is 2.32. The minimum atomic E-state index is -3.64. The summed E-state index contributed by atoms with van der Waals surface area (Å²) in [4.78, 5) is 24.5. The summed E-state index contributed by atoms with van der Waals surface area (Å²) in [7, 11) is -2.09. The van der Waals surface area contributed by atoms with Crippen LogP contribution in [0.25, 0.3) is 10.2 Å². The average Bonchev–Trinajstić information content (AvgIpc) is 3.27. The highest BCUT2D eigenvalue weighted by Gasteiger charge is 2.26. The fourth-order valence-corrected chi connectivity index (χ4v) is 5.85. The molecule has 7 nitrogen and oxygen atoms in total. The van der Waals surface area contributed by atoms with E-state index in [1.165, 1.54) is 27.8 Å². The van der Waals surface area contributed by atoms with Gasteiger partial charge in [0.1, 0.15) is 0 Å². The number of rotatable bonds is 7. The Labute approximate surface area is 203 Å². The molecular weight excluding hydrogens is 468 g/mol. The predicted octanol–water partition coefficient (Wildman–Crippen LogP) is 4.88. The van der Waals surface area contributed by atoms with Gasteiger partial charge in [-0.2, -0.15) is 4.31 Å². The van der Waals surface area contributed by atoms with Crippen LogP contribution in [0, 0.1) is 6.92 Å². The Morgan fingerprint density at radius 2 is 1.76 bits per heavy atom. The van der Waals surface area contributed by atoms with Crippen molar-refractivity contribution in [2.24, 2.45) is 0 Å². The largest absolute Gasteiger partial charge is 0.278 e. The number of aryl methyl sites for hydroxylation is 1. The topological polar surface area (TPSA) is 83.5 Å². The Hall–Kier alpha value is -3.14. The van der Waals surface area contributed by atoms with Crippen molar-refractivity contribution in [1.29, 1.82) is 0 Å². The SMILES string of the molecule is Cc1cccc2sc(N(Cc3ccccn3)C(=O)c3ccc(S(=O)(=O)N(C)C(C)C)cc3)nc12. The van der Waals surface area contributed by atoms with Crippen LogP contribution in [-0.2, 0) is 16.6 Å². The number of hydrogen-bond donors (Lipinski definition) is 0. The molecule has 0 radical (unpaired) electrons. The van der Waals surface area contributed by atoms with E-state index in [9.17, 15) is 13.2 Å². The van der Waals surface area contributed by atoms with Crippen LogP contribution in [0.2, 0.25) is 0 Å². The number of nitrogens with zero attached hydrogens (tertiary/aromatic N) is 4. The molecular formula is C25H26N4O3S2. The third kappa shape index (κ3) is 4.72. The molecule has 0 unspecified atom stereocenters. The van der Waals surface area contributed by atoms with Gasteiger partial charge >= 0.3 is 0 Å². The zero-order valence-corrected chi connectivity index (χ0v) is 21.1. The third-order valence-corrected chi connectivity index (χ3v) is 8.73. The first-order valence-corrected chi connectivity index (χ1v) is 13.1. The van der Waals surface area contributed by atoms with Gasteiger partial charge in [0.05, 0.1) is 27.4 Å². The average molecular weight is 495 g/mol. The Kier molecular flexibility index (Phi) is 6.79. The summed E-state index contributed by atoms with van der Waals surface area (Å²) in [6.07, 6.45) is 1.69. The van der Waals surface area contributed by atoms with E-state index in [0.717, 1.165) is 21.5 Å². The van der Waals surface area contributed by atoms with Crippen LogP contribution in [0.15, 0.2) is 71.8 Å². The summed E-state index contributed by atoms with van der Waals surface area (Å²) in [5.74, 6) is -0.275. The van der Waals surface area contributed by atoms with Crippen molar-refractivity contribution in [1.82, 2.24) is 14.3 Å². The number of fused-ring (bicyclic) bond motifs is 1. The van der Waals surface area contributed by atoms with Crippen molar-refractivity contribution in [3.05, 3.63) is 83.7 Å². The summed E-state index contributed by atoms with van der Waals surface area (Å²) in [6, 6.07) is 17.4. The van der Waals surface area contributed by atoms with Gasteiger partial charge in [0.15, 0.2) is 5.13 Å². The normalized spacial score (nSPS) is 11.9. The van der Waals surface area contributed by atoms with Gasteiger partial charge in [-0.05, 0) is 68.8 Å². The zero-order valence-electron chi connectivity index (χ0n) is 19.5. The number of amides is 1. The Morgan fingerprint density at radius 1 is 1.03 bits per heavy atom. The molecule has 0 saturated carbocycles. The van der Waals surface area contributed by atoms with E-state index in [4.69, 9.17) is 4.98 Å². The Balaban J connectivity index is 1.71. The lowest BCUT2D eigenvalue weighted by Crippen LogP contribution is -2.33. The number of pyridine rings is 1. The molecule has 4 aromatic rings. The number of anilines is 1. The number of benzene rings is 2. The molecule has 0 atom stereocenters. The van der Waals surface area contributed by atoms with E-state index in [2.05, 4.69) is 4.98 Å². The van der Waals surface area contributed by atoms with Gasteiger partial charge in [-0.25, -0.2) is 13.4 Å². The zero-order chi connectivity index (χ0) is 24.5. The highest BCUT2D eigenvalue weighted by molar-refractivity contribution is 7.89. The fourth-order valence-electron chi connectivity index (χ4n) is 3.44. The molecule has 0 saturated heterocycles. The van der Waals surface area contributed by atoms with E-state index in [1.807, 2.05) is 57.2 Å². The number of thiazole rings is 1. The quantitative estimate of drug-likeness (QED) is 0.366. The number of carbonyl (C=O) groups is 1. The van der Waals surface area contributed by atoms with Crippen molar-refractivity contribution in [3.63, 3.8) is 0 Å². The Morgan fingerprint density at radius 3 is 2.38 bits per heavy atom. The van der Waals surface area contributed by atoms with Crippen LogP contribution in [0.3, 0.4) is 0 Å². The first-order chi connectivity index (χ1) is 16.2. The number of hydrogen-bond acceptors (Lipinski definition) is 6. The van der Waals surface area contributed by atoms with Gasteiger partial charge < -0.3 is 0 Å². The van der Waals surface area contributed by atoms with Crippen LogP contribution in [0.1, 0.15) is 35.5 Å². The molecule has 0 N–H and O–H groups in total. The molecule has 176 valence electrons. The summed E-state index contributed by atoms with van der Waals surface area (Å²) in [5.41, 5.74) is 3.00. The number of para-hydroxylation sites is 1. The van der Waals surface area contributed by atoms with E-state index in [-0.39, 0.29) is 23.4 Å². The van der Waals surface area contributed by atoms with E-state index < -0.39 is 10.0 Å². The second-order valence-corrected chi connectivity index (χ2v) is 11.3. The van der Waals surface area contributed by atoms with Crippen LogP contribution >= 0.6 is 11.3 Å². The standard InChI is InChI=1S/C25H26N4O3S2/c1-17(2)28(4)34(31,32)21-13-11-19(12-14-21)24(30)29(16-20-9-5-6-15-26-20)25-27-23-18(3)8-7-10-22(23)33-25/h5-15,17H,16H2,1-4H3. The summed E-state index contributed by atoms with van der Waals surface area (Å²) in [5, 5.41) is 0.566. The van der Waals surface area contributed by atoms with E-state index in [0.29, 0.717) is 10.7 Å². The first kappa shape index (κ1) is 24.0. The molecule has 0 aliphatic rings. The van der Waals surface area contributed by atoms with Crippen molar-refractivity contribution < 1.29 is 13.2 Å². The van der Waals surface area contributed by atoms with Crippen LogP contribution in [-0.4, -0.2) is 41.7 Å². The van der Waals surface area contributed by atoms with Crippen LogP contribution in [0.5, 0.6) is 0 Å². The lowest BCUT2D eigenvalue weighted by molar-refractivity contribution is 0.0984. The molecule has 2 aromatic heterocycles. The van der Waals surface area contributed by atoms with Gasteiger partial charge in [0.25, 0.3) is 5.91 Å². The first-order valence-electron chi connectivity index (χ1n) is 10.8. The van der Waals surface area contributed by atoms with Crippen molar-refractivity contribution in [3.8, 4) is 0 Å². The molecule has 1 amide bonds. The highest BCUT2D eigenvalue weighted by atomic mass is 32.2. The van der Waals surface area contributed by atoms with Gasteiger partial charge in [0.2, 0.25) is 10.0 Å². The Bertz CT molecular complexity index is 1420. The van der Waals surface area contributed by atoms with Crippen molar-refractivity contribution in [2.45, 2.75) is 38.3 Å². The molecule has 0 aliphatic heterocycles. The van der Waals surface area contributed by atoms with Crippen molar-refractivity contribution >= 4 is 42.6 Å². The molecule has 2 heterocycles. The summed E-state index contributed by atoms with van der Waals surface area (Å²) < 4.78 is 27.9. The maximum absolute atomic E-state index is 13.6. The third-order valence-electron chi connectivity index (χ3n) is 5.64. The van der Waals surface area contributed by atoms with Gasteiger partial charge in [-0.1, -0.05) is 29.5 Å². The van der Waals surface area contributed by atoms with Crippen molar-refractivity contribution in [2.75, 3.05) is 11.9 Å². The molecule has 34 heavy (non-hydrogen) atoms. The molecule has 9 heteroatoms. The molecule has 0 aliphatic carbocycles. The van der Waals surface area contributed by atoms with E-state index >= 15 is 0 Å². The number of aromatic nitrogens is 2. The van der Waals surface area contributed by atoms with Crippen LogP contribution in [0.4, 0.5) is 5.13 Å². The van der Waals surface area contributed by atoms with Crippen LogP contribution < -0.4 is 4.90 Å². The molecule has 4 rings (SSSR count). The van der Waals surface area contributed by atoms with Gasteiger partial charge in [0, 0.05) is 24.8 Å². The minimum absolute atomic E-state index is 0.145. The maximum Gasteiger partial charge on any atom is 0.260 e. The number of sulfonamides is 1. The summed E-state index contributed by atoms with van der Waals surface area (Å²) >= 11 is 1.44. The molecule has 0 spiro atoms. The second-order valence-electron chi connectivity index (χ2n) is 8.27. The summed E-state index contributed by atoms with van der Waals surface area (Å²) in [6.45, 7) is 5.86. The smallest absolute Gasteiger partial charge is 0.260 e. The number of carbonyl (C=O) groups excluding carboxylic acids is 1. The predicted molar refractivity (Wildman–Crippen MR) is 136 cm³/mol. The minimum Gasteiger partial charge on any atom is -0.278 e. The fraction of sp³-hybridized carbons (Fsp3) is 0.240. The lowest BCUT2D eigenvalue weighted by Gasteiger charge is -2.22. The van der Waals surface area contributed by atoms with E-state index in [1.54, 1.807) is 30.3 Å². The van der Waals surface area contributed by atoms with Gasteiger partial charge in [-0.3, -0.25) is 14.7 Å². The second kappa shape index (κ2) is 9.61. The molecule has 2 aromatic carbocycles. The molecule has 0 fully saturated rings.